The van der Waals surface area contributed by atoms with Gasteiger partial charge in [-0.15, -0.1) is 0 Å². The van der Waals surface area contributed by atoms with E-state index in [1.807, 2.05) is 12.1 Å². The molecule has 2 N–H and O–H groups in total. The van der Waals surface area contributed by atoms with Crippen LogP contribution in [0.5, 0.6) is 0 Å². The Morgan fingerprint density at radius 1 is 1.15 bits per heavy atom. The highest BCUT2D eigenvalue weighted by Gasteiger charge is 2.34. The van der Waals surface area contributed by atoms with Crippen molar-refractivity contribution in [2.24, 2.45) is 0 Å². The average molecular weight is 650 g/mol. The Morgan fingerprint density at radius 2 is 1.90 bits per heavy atom. The first-order valence-corrected chi connectivity index (χ1v) is 14.6. The molecule has 0 saturated carbocycles. The SMILES string of the molecule is CC[C@H]1CN(c2ncc(CNC(=O)NCC(F)(F)F)cc2Cl)CCN1C1CCN(Cc2ccc(Br)cc2F)CC1. The molecule has 2 fully saturated rings. The summed E-state index contributed by atoms with van der Waals surface area (Å²) in [4.78, 5) is 23.2. The zero-order valence-electron chi connectivity index (χ0n) is 22.3. The minimum absolute atomic E-state index is 0.00914. The third-order valence-corrected chi connectivity index (χ3v) is 8.29. The van der Waals surface area contributed by atoms with E-state index >= 15 is 0 Å². The quantitative estimate of drug-likeness (QED) is 0.367. The predicted octanol–water partition coefficient (Wildman–Crippen LogP) is 5.56. The first-order chi connectivity index (χ1) is 19.0. The normalized spacial score (nSPS) is 19.6. The Morgan fingerprint density at radius 3 is 2.55 bits per heavy atom. The molecule has 13 heteroatoms. The summed E-state index contributed by atoms with van der Waals surface area (Å²) in [7, 11) is 0. The van der Waals surface area contributed by atoms with Crippen LogP contribution in [0.1, 0.15) is 37.3 Å². The maximum absolute atomic E-state index is 14.3. The van der Waals surface area contributed by atoms with E-state index in [9.17, 15) is 22.4 Å². The topological polar surface area (TPSA) is 63.7 Å². The molecule has 220 valence electrons. The lowest BCUT2D eigenvalue weighted by molar-refractivity contribution is -0.122. The van der Waals surface area contributed by atoms with Crippen molar-refractivity contribution in [1.82, 2.24) is 25.4 Å². The van der Waals surface area contributed by atoms with Gasteiger partial charge < -0.3 is 15.5 Å². The summed E-state index contributed by atoms with van der Waals surface area (Å²) in [6.07, 6.45) is 0.163. The van der Waals surface area contributed by atoms with Gasteiger partial charge in [0.1, 0.15) is 18.2 Å². The van der Waals surface area contributed by atoms with Gasteiger partial charge in [-0.1, -0.05) is 40.5 Å². The Kier molecular flexibility index (Phi) is 10.5. The summed E-state index contributed by atoms with van der Waals surface area (Å²) in [5.41, 5.74) is 1.31. The number of aromatic nitrogens is 1. The van der Waals surface area contributed by atoms with E-state index in [0.29, 0.717) is 35.0 Å². The molecule has 0 bridgehead atoms. The van der Waals surface area contributed by atoms with Gasteiger partial charge in [-0.25, -0.2) is 14.2 Å². The molecule has 7 nitrogen and oxygen atoms in total. The van der Waals surface area contributed by atoms with E-state index < -0.39 is 18.8 Å². The largest absolute Gasteiger partial charge is 0.405 e. The van der Waals surface area contributed by atoms with Gasteiger partial charge in [0.05, 0.1) is 5.02 Å². The number of piperidine rings is 1. The fraction of sp³-hybridized carbons (Fsp3) is 0.556. The number of urea groups is 1. The summed E-state index contributed by atoms with van der Waals surface area (Å²) < 4.78 is 51.8. The Labute approximate surface area is 245 Å². The van der Waals surface area contributed by atoms with Crippen LogP contribution in [0, 0.1) is 5.82 Å². The second-order valence-electron chi connectivity index (χ2n) is 10.3. The first-order valence-electron chi connectivity index (χ1n) is 13.4. The molecule has 2 aromatic rings. The number of pyridine rings is 1. The molecule has 0 radical (unpaired) electrons. The lowest BCUT2D eigenvalue weighted by Gasteiger charge is -2.47. The van der Waals surface area contributed by atoms with Gasteiger partial charge in [0.2, 0.25) is 0 Å². The Hall–Kier alpha value is -2.15. The number of carbonyl (C=O) groups excluding carboxylic acids is 1. The molecule has 40 heavy (non-hydrogen) atoms. The molecule has 2 aliphatic rings. The van der Waals surface area contributed by atoms with Crippen LogP contribution in [-0.2, 0) is 13.1 Å². The number of benzene rings is 1. The Bertz CT molecular complexity index is 1160. The molecule has 1 atom stereocenters. The van der Waals surface area contributed by atoms with Gasteiger partial charge in [0.15, 0.2) is 0 Å². The summed E-state index contributed by atoms with van der Waals surface area (Å²) in [6, 6.07) is 6.82. The first kappa shape index (κ1) is 30.8. The van der Waals surface area contributed by atoms with E-state index in [-0.39, 0.29) is 12.4 Å². The minimum atomic E-state index is -4.47. The maximum atomic E-state index is 14.3. The van der Waals surface area contributed by atoms with Crippen molar-refractivity contribution < 1.29 is 22.4 Å². The molecular weight excluding hydrogens is 616 g/mol. The zero-order chi connectivity index (χ0) is 28.9. The number of nitrogens with one attached hydrogen (secondary N) is 2. The lowest BCUT2D eigenvalue weighted by atomic mass is 9.97. The van der Waals surface area contributed by atoms with Crippen molar-refractivity contribution in [3.8, 4) is 0 Å². The molecule has 2 aliphatic heterocycles. The molecule has 4 rings (SSSR count). The van der Waals surface area contributed by atoms with Crippen molar-refractivity contribution in [3.63, 3.8) is 0 Å². The van der Waals surface area contributed by atoms with E-state index in [1.54, 1.807) is 17.6 Å². The summed E-state index contributed by atoms with van der Waals surface area (Å²) in [5, 5.41) is 4.59. The molecule has 0 unspecified atom stereocenters. The second kappa shape index (κ2) is 13.7. The van der Waals surface area contributed by atoms with Gasteiger partial charge >= 0.3 is 12.2 Å². The molecule has 1 aromatic heterocycles. The van der Waals surface area contributed by atoms with Crippen molar-refractivity contribution in [2.75, 3.05) is 44.2 Å². The van der Waals surface area contributed by atoms with Crippen LogP contribution < -0.4 is 15.5 Å². The molecule has 1 aromatic carbocycles. The van der Waals surface area contributed by atoms with Crippen LogP contribution in [0.15, 0.2) is 34.9 Å². The smallest absolute Gasteiger partial charge is 0.353 e. The number of anilines is 1. The number of carbonyl (C=O) groups is 1. The van der Waals surface area contributed by atoms with Crippen LogP contribution in [0.4, 0.5) is 28.2 Å². The van der Waals surface area contributed by atoms with E-state index in [4.69, 9.17) is 11.6 Å². The van der Waals surface area contributed by atoms with Gasteiger partial charge in [-0.05, 0) is 56.1 Å². The summed E-state index contributed by atoms with van der Waals surface area (Å²) >= 11 is 9.86. The number of halogens is 6. The van der Waals surface area contributed by atoms with E-state index in [1.165, 1.54) is 6.07 Å². The highest BCUT2D eigenvalue weighted by molar-refractivity contribution is 9.10. The maximum Gasteiger partial charge on any atom is 0.405 e. The molecule has 3 heterocycles. The monoisotopic (exact) mass is 648 g/mol. The van der Waals surface area contributed by atoms with Crippen molar-refractivity contribution in [1.29, 1.82) is 0 Å². The number of hydrogen-bond acceptors (Lipinski definition) is 5. The number of nitrogens with zero attached hydrogens (tertiary/aromatic N) is 4. The van der Waals surface area contributed by atoms with Gasteiger partial charge in [-0.2, -0.15) is 13.2 Å². The van der Waals surface area contributed by atoms with E-state index in [0.717, 1.165) is 62.0 Å². The zero-order valence-corrected chi connectivity index (χ0v) is 24.6. The molecule has 0 aliphatic carbocycles. The number of hydrogen-bond donors (Lipinski definition) is 2. The molecule has 0 spiro atoms. The van der Waals surface area contributed by atoms with Gasteiger partial charge in [-0.3, -0.25) is 9.80 Å². The van der Waals surface area contributed by atoms with Crippen molar-refractivity contribution in [2.45, 2.75) is 57.5 Å². The second-order valence-corrected chi connectivity index (χ2v) is 11.6. The Balaban J connectivity index is 1.27. The van der Waals surface area contributed by atoms with E-state index in [2.05, 4.69) is 47.9 Å². The average Bonchev–Trinajstić information content (AvgIpc) is 2.92. The highest BCUT2D eigenvalue weighted by atomic mass is 79.9. The third-order valence-electron chi connectivity index (χ3n) is 7.52. The van der Waals surface area contributed by atoms with Crippen molar-refractivity contribution >= 4 is 39.4 Å². The lowest BCUT2D eigenvalue weighted by Crippen LogP contribution is -2.58. The van der Waals surface area contributed by atoms with Gasteiger partial charge in [0, 0.05) is 61.0 Å². The highest BCUT2D eigenvalue weighted by Crippen LogP contribution is 2.30. The number of amides is 2. The third kappa shape index (κ3) is 8.43. The molecular formula is C27H34BrClF4N6O. The van der Waals surface area contributed by atoms with Crippen LogP contribution in [0.25, 0.3) is 0 Å². The van der Waals surface area contributed by atoms with Gasteiger partial charge in [0.25, 0.3) is 0 Å². The van der Waals surface area contributed by atoms with Crippen molar-refractivity contribution in [3.05, 3.63) is 56.9 Å². The predicted molar refractivity (Wildman–Crippen MR) is 151 cm³/mol. The number of rotatable bonds is 8. The number of piperazine rings is 1. The van der Waals surface area contributed by atoms with Crippen LogP contribution in [0.3, 0.4) is 0 Å². The molecule has 2 saturated heterocycles. The fourth-order valence-electron chi connectivity index (χ4n) is 5.43. The van der Waals surface area contributed by atoms with Crippen LogP contribution in [-0.4, -0.2) is 78.3 Å². The number of alkyl halides is 3. The molecule has 2 amide bonds. The summed E-state index contributed by atoms with van der Waals surface area (Å²) in [5.74, 6) is 0.484. The summed E-state index contributed by atoms with van der Waals surface area (Å²) in [6.45, 7) is 5.69. The van der Waals surface area contributed by atoms with Crippen LogP contribution in [0.2, 0.25) is 5.02 Å². The van der Waals surface area contributed by atoms with Crippen LogP contribution >= 0.6 is 27.5 Å². The fourth-order valence-corrected chi connectivity index (χ4v) is 6.07. The standard InChI is InChI=1S/C27H34BrClF4N6O/c1-2-21-16-38(25-23(29)11-18(13-34-25)14-35-26(40)36-17-27(31,32)33)9-10-39(21)22-5-7-37(8-6-22)15-19-3-4-20(28)12-24(19)30/h3-4,11-13,21-22H,2,5-10,14-17H2,1H3,(H2,35,36,40)/t21-/m0/s1. The minimum Gasteiger partial charge on any atom is -0.353 e. The number of likely N-dealkylation sites (tertiary alicyclic amines) is 1.